The maximum absolute atomic E-state index is 12.6. The van der Waals surface area contributed by atoms with E-state index in [2.05, 4.69) is 30.6 Å². The van der Waals surface area contributed by atoms with Gasteiger partial charge in [-0.05, 0) is 42.4 Å². The fraction of sp³-hybridized carbons (Fsp3) is 0.526. The van der Waals surface area contributed by atoms with Gasteiger partial charge in [-0.1, -0.05) is 32.9 Å². The molecule has 6 nitrogen and oxygen atoms in total. The van der Waals surface area contributed by atoms with Crippen LogP contribution < -0.4 is 4.72 Å². The first-order chi connectivity index (χ1) is 12.2. The van der Waals surface area contributed by atoms with E-state index < -0.39 is 10.0 Å². The van der Waals surface area contributed by atoms with Crippen molar-refractivity contribution in [1.82, 2.24) is 9.78 Å². The SMILES string of the molecule is CC(C)(C)c1ccc(S(=O)(=O)Nc2cnn(CC3CCCCO3)c2)cc1. The Bertz CT molecular complexity index is 830. The Morgan fingerprint density at radius 1 is 1.23 bits per heavy atom. The summed E-state index contributed by atoms with van der Waals surface area (Å²) in [4.78, 5) is 0.244. The summed E-state index contributed by atoms with van der Waals surface area (Å²) in [6.45, 7) is 7.72. The van der Waals surface area contributed by atoms with E-state index in [4.69, 9.17) is 4.74 Å². The van der Waals surface area contributed by atoms with Gasteiger partial charge < -0.3 is 4.74 Å². The number of hydrogen-bond donors (Lipinski definition) is 1. The number of nitrogens with zero attached hydrogens (tertiary/aromatic N) is 2. The zero-order valence-electron chi connectivity index (χ0n) is 15.6. The van der Waals surface area contributed by atoms with Gasteiger partial charge in [-0.15, -0.1) is 0 Å². The minimum absolute atomic E-state index is 0.0158. The zero-order chi connectivity index (χ0) is 18.8. The Balaban J connectivity index is 1.67. The van der Waals surface area contributed by atoms with Crippen LogP contribution in [0.25, 0.3) is 0 Å². The summed E-state index contributed by atoms with van der Waals surface area (Å²) in [5, 5.41) is 4.24. The van der Waals surface area contributed by atoms with Crippen molar-refractivity contribution < 1.29 is 13.2 Å². The van der Waals surface area contributed by atoms with Gasteiger partial charge in [0.1, 0.15) is 0 Å². The molecule has 2 heterocycles. The minimum Gasteiger partial charge on any atom is -0.376 e. The molecule has 1 unspecified atom stereocenters. The third-order valence-electron chi connectivity index (χ3n) is 4.58. The normalized spacial score (nSPS) is 18.7. The third-order valence-corrected chi connectivity index (χ3v) is 5.98. The van der Waals surface area contributed by atoms with Gasteiger partial charge >= 0.3 is 0 Å². The van der Waals surface area contributed by atoms with E-state index in [0.29, 0.717) is 12.2 Å². The van der Waals surface area contributed by atoms with Gasteiger partial charge in [0.25, 0.3) is 10.0 Å². The Hall–Kier alpha value is -1.86. The van der Waals surface area contributed by atoms with Gasteiger partial charge in [0.05, 0.1) is 29.4 Å². The lowest BCUT2D eigenvalue weighted by molar-refractivity contribution is 0.00401. The lowest BCUT2D eigenvalue weighted by atomic mass is 9.87. The van der Waals surface area contributed by atoms with Crippen LogP contribution in [-0.4, -0.2) is 30.9 Å². The van der Waals surface area contributed by atoms with Crippen LogP contribution in [0.2, 0.25) is 0 Å². The quantitative estimate of drug-likeness (QED) is 0.865. The summed E-state index contributed by atoms with van der Waals surface area (Å²) in [7, 11) is -3.63. The van der Waals surface area contributed by atoms with Crippen molar-refractivity contribution in [3.63, 3.8) is 0 Å². The van der Waals surface area contributed by atoms with Gasteiger partial charge in [0.15, 0.2) is 0 Å². The van der Waals surface area contributed by atoms with Crippen molar-refractivity contribution in [2.45, 2.75) is 63.0 Å². The van der Waals surface area contributed by atoms with Crippen LogP contribution in [0.15, 0.2) is 41.6 Å². The van der Waals surface area contributed by atoms with E-state index in [9.17, 15) is 8.42 Å². The van der Waals surface area contributed by atoms with Crippen molar-refractivity contribution in [3.8, 4) is 0 Å². The van der Waals surface area contributed by atoms with E-state index in [1.807, 2.05) is 12.1 Å². The van der Waals surface area contributed by atoms with E-state index in [0.717, 1.165) is 31.4 Å². The first-order valence-electron chi connectivity index (χ1n) is 9.01. The molecule has 0 saturated carbocycles. The molecule has 0 amide bonds. The highest BCUT2D eigenvalue weighted by molar-refractivity contribution is 7.92. The first kappa shape index (κ1) is 18.9. The molecule has 0 aliphatic carbocycles. The molecule has 1 atom stereocenters. The van der Waals surface area contributed by atoms with Crippen LogP contribution in [0.3, 0.4) is 0 Å². The second kappa shape index (κ2) is 7.40. The Labute approximate surface area is 155 Å². The van der Waals surface area contributed by atoms with E-state index >= 15 is 0 Å². The van der Waals surface area contributed by atoms with Crippen molar-refractivity contribution in [3.05, 3.63) is 42.2 Å². The number of ether oxygens (including phenoxy) is 1. The number of anilines is 1. The van der Waals surface area contributed by atoms with Gasteiger partial charge in [-0.2, -0.15) is 5.10 Å². The number of benzene rings is 1. The van der Waals surface area contributed by atoms with E-state index in [-0.39, 0.29) is 16.4 Å². The largest absolute Gasteiger partial charge is 0.376 e. The monoisotopic (exact) mass is 377 g/mol. The zero-order valence-corrected chi connectivity index (χ0v) is 16.4. The number of aromatic nitrogens is 2. The van der Waals surface area contributed by atoms with Gasteiger partial charge in [0.2, 0.25) is 0 Å². The van der Waals surface area contributed by atoms with Crippen molar-refractivity contribution in [1.29, 1.82) is 0 Å². The van der Waals surface area contributed by atoms with Crippen LogP contribution in [-0.2, 0) is 26.7 Å². The maximum Gasteiger partial charge on any atom is 0.261 e. The van der Waals surface area contributed by atoms with E-state index in [1.54, 1.807) is 23.0 Å². The van der Waals surface area contributed by atoms with Crippen molar-refractivity contribution >= 4 is 15.7 Å². The summed E-state index contributed by atoms with van der Waals surface area (Å²) in [5.41, 5.74) is 1.54. The predicted octanol–water partition coefficient (Wildman–Crippen LogP) is 3.55. The summed E-state index contributed by atoms with van der Waals surface area (Å²) >= 11 is 0. The molecule has 3 rings (SSSR count). The molecule has 0 bridgehead atoms. The van der Waals surface area contributed by atoms with Crippen LogP contribution in [0.5, 0.6) is 0 Å². The molecular formula is C19H27N3O3S. The standard InChI is InChI=1S/C19H27N3O3S/c1-19(2,3)15-7-9-18(10-8-15)26(23,24)21-16-12-20-22(13-16)14-17-6-4-5-11-25-17/h7-10,12-13,17,21H,4-6,11,14H2,1-3H3. The maximum atomic E-state index is 12.6. The Morgan fingerprint density at radius 2 is 1.96 bits per heavy atom. The summed E-state index contributed by atoms with van der Waals surface area (Å²) in [6, 6.07) is 7.00. The number of nitrogens with one attached hydrogen (secondary N) is 1. The summed E-state index contributed by atoms with van der Waals surface area (Å²) in [5.74, 6) is 0. The number of sulfonamides is 1. The molecule has 2 aromatic rings. The van der Waals surface area contributed by atoms with Gasteiger partial charge in [0, 0.05) is 12.8 Å². The lowest BCUT2D eigenvalue weighted by Crippen LogP contribution is -2.24. The van der Waals surface area contributed by atoms with Crippen LogP contribution >= 0.6 is 0 Å². The molecule has 1 saturated heterocycles. The molecule has 1 aromatic carbocycles. The highest BCUT2D eigenvalue weighted by Gasteiger charge is 2.19. The van der Waals surface area contributed by atoms with Gasteiger partial charge in [-0.25, -0.2) is 8.42 Å². The van der Waals surface area contributed by atoms with Crippen LogP contribution in [0.1, 0.15) is 45.6 Å². The molecule has 0 spiro atoms. The molecule has 1 N–H and O–H groups in total. The lowest BCUT2D eigenvalue weighted by Gasteiger charge is -2.22. The fourth-order valence-electron chi connectivity index (χ4n) is 3.02. The topological polar surface area (TPSA) is 73.2 Å². The second-order valence-electron chi connectivity index (χ2n) is 7.82. The fourth-order valence-corrected chi connectivity index (χ4v) is 4.05. The summed E-state index contributed by atoms with van der Waals surface area (Å²) in [6.07, 6.45) is 6.67. The van der Waals surface area contributed by atoms with Crippen LogP contribution in [0, 0.1) is 0 Å². The molecule has 1 aliphatic rings. The number of hydrogen-bond acceptors (Lipinski definition) is 4. The molecule has 142 valence electrons. The van der Waals surface area contributed by atoms with Crippen LogP contribution in [0.4, 0.5) is 5.69 Å². The minimum atomic E-state index is -3.63. The average molecular weight is 378 g/mol. The highest BCUT2D eigenvalue weighted by Crippen LogP contribution is 2.24. The molecule has 1 fully saturated rings. The number of rotatable bonds is 5. The smallest absolute Gasteiger partial charge is 0.261 e. The highest BCUT2D eigenvalue weighted by atomic mass is 32.2. The molecule has 26 heavy (non-hydrogen) atoms. The van der Waals surface area contributed by atoms with Crippen molar-refractivity contribution in [2.75, 3.05) is 11.3 Å². The molecule has 7 heteroatoms. The molecule has 0 radical (unpaired) electrons. The molecule has 1 aromatic heterocycles. The average Bonchev–Trinajstić information content (AvgIpc) is 3.01. The second-order valence-corrected chi connectivity index (χ2v) is 9.50. The van der Waals surface area contributed by atoms with Crippen molar-refractivity contribution in [2.24, 2.45) is 0 Å². The summed E-state index contributed by atoms with van der Waals surface area (Å²) < 4.78 is 35.2. The molecular weight excluding hydrogens is 350 g/mol. The predicted molar refractivity (Wildman–Crippen MR) is 102 cm³/mol. The third kappa shape index (κ3) is 4.65. The van der Waals surface area contributed by atoms with Gasteiger partial charge in [-0.3, -0.25) is 9.40 Å². The Kier molecular flexibility index (Phi) is 5.39. The first-order valence-corrected chi connectivity index (χ1v) is 10.5. The Morgan fingerprint density at radius 3 is 2.58 bits per heavy atom. The molecule has 1 aliphatic heterocycles. The van der Waals surface area contributed by atoms with E-state index in [1.165, 1.54) is 6.20 Å².